The second-order valence-corrected chi connectivity index (χ2v) is 11.4. The van der Waals surface area contributed by atoms with Crippen LogP contribution < -0.4 is 0 Å². The van der Waals surface area contributed by atoms with E-state index in [9.17, 15) is 19.8 Å². The maximum atomic E-state index is 13.7. The fourth-order valence-electron chi connectivity index (χ4n) is 8.51. The maximum Gasteiger partial charge on any atom is 0.305 e. The topological polar surface area (TPSA) is 83.8 Å². The predicted molar refractivity (Wildman–Crippen MR) is 113 cm³/mol. The minimum absolute atomic E-state index is 0.0503. The van der Waals surface area contributed by atoms with Crippen molar-refractivity contribution in [2.24, 2.45) is 46.3 Å². The quantitative estimate of drug-likeness (QED) is 0.677. The van der Waals surface area contributed by atoms with Gasteiger partial charge in [0.15, 0.2) is 0 Å². The average molecular weight is 421 g/mol. The number of methoxy groups -OCH3 is 1. The largest absolute Gasteiger partial charge is 0.469 e. The van der Waals surface area contributed by atoms with E-state index in [1.807, 2.05) is 0 Å². The van der Waals surface area contributed by atoms with Crippen molar-refractivity contribution in [3.8, 4) is 0 Å². The molecule has 0 spiro atoms. The van der Waals surface area contributed by atoms with Gasteiger partial charge in [-0.2, -0.15) is 0 Å². The zero-order valence-corrected chi connectivity index (χ0v) is 19.1. The third-order valence-electron chi connectivity index (χ3n) is 10.3. The van der Waals surface area contributed by atoms with Gasteiger partial charge in [-0.15, -0.1) is 0 Å². The SMILES string of the molecule is COC(=O)CCC(C)[C@H]1CC[C@H]2[C@@H]3[C@H](O)C[C@@H]4C[C@H](O)CC[C@]4(C)[C@H]3CC(=O)[C@]12C. The van der Waals surface area contributed by atoms with Crippen molar-refractivity contribution >= 4 is 11.8 Å². The molecule has 0 radical (unpaired) electrons. The van der Waals surface area contributed by atoms with Crippen molar-refractivity contribution in [2.45, 2.75) is 90.8 Å². The van der Waals surface area contributed by atoms with Crippen LogP contribution >= 0.6 is 0 Å². The number of esters is 1. The summed E-state index contributed by atoms with van der Waals surface area (Å²) < 4.78 is 4.81. The first-order valence-corrected chi connectivity index (χ1v) is 12.1. The van der Waals surface area contributed by atoms with E-state index in [1.54, 1.807) is 0 Å². The number of aliphatic hydroxyl groups excluding tert-OH is 2. The number of rotatable bonds is 4. The average Bonchev–Trinajstić information content (AvgIpc) is 3.06. The summed E-state index contributed by atoms with van der Waals surface area (Å²) in [5.41, 5.74) is -0.343. The summed E-state index contributed by atoms with van der Waals surface area (Å²) in [5, 5.41) is 21.5. The van der Waals surface area contributed by atoms with Crippen molar-refractivity contribution < 1.29 is 24.5 Å². The Bertz CT molecular complexity index is 691. The highest BCUT2D eigenvalue weighted by Crippen LogP contribution is 2.67. The molecule has 4 aliphatic carbocycles. The monoisotopic (exact) mass is 420 g/mol. The number of Topliss-reactive ketones (excluding diaryl/α,β-unsaturated/α-hetero) is 1. The van der Waals surface area contributed by atoms with Gasteiger partial charge in [-0.05, 0) is 85.9 Å². The highest BCUT2D eigenvalue weighted by molar-refractivity contribution is 5.87. The summed E-state index contributed by atoms with van der Waals surface area (Å²) in [4.78, 5) is 25.4. The van der Waals surface area contributed by atoms with Gasteiger partial charge in [0.25, 0.3) is 0 Å². The minimum Gasteiger partial charge on any atom is -0.469 e. The molecule has 0 aromatic rings. The van der Waals surface area contributed by atoms with Crippen LogP contribution in [0.4, 0.5) is 0 Å². The molecule has 5 nitrogen and oxygen atoms in total. The van der Waals surface area contributed by atoms with Gasteiger partial charge in [-0.25, -0.2) is 0 Å². The van der Waals surface area contributed by atoms with Crippen LogP contribution in [-0.4, -0.2) is 41.3 Å². The molecule has 4 fully saturated rings. The standard InChI is InChI=1S/C25H40O5/c1-14(5-8-22(29)30-4)17-6-7-18-23-19(13-21(28)25(17,18)3)24(2)10-9-16(26)11-15(24)12-20(23)27/h14-20,23,26-27H,5-13H2,1-4H3/t14?,15-,16+,17+,18-,19-,20+,23-,24-,25+/m0/s1. The first-order valence-electron chi connectivity index (χ1n) is 12.1. The third-order valence-corrected chi connectivity index (χ3v) is 10.3. The van der Waals surface area contributed by atoms with Crippen LogP contribution in [0.25, 0.3) is 0 Å². The normalized spacial score (nSPS) is 49.0. The second-order valence-electron chi connectivity index (χ2n) is 11.4. The molecule has 30 heavy (non-hydrogen) atoms. The third kappa shape index (κ3) is 3.26. The van der Waals surface area contributed by atoms with Gasteiger partial charge in [0.1, 0.15) is 5.78 Å². The Morgan fingerprint density at radius 1 is 1.17 bits per heavy atom. The van der Waals surface area contributed by atoms with E-state index in [2.05, 4.69) is 20.8 Å². The van der Waals surface area contributed by atoms with Crippen molar-refractivity contribution in [3.05, 3.63) is 0 Å². The Hall–Kier alpha value is -0.940. The molecule has 0 aromatic heterocycles. The second kappa shape index (κ2) is 7.88. The van der Waals surface area contributed by atoms with Crippen molar-refractivity contribution in [1.29, 1.82) is 0 Å². The van der Waals surface area contributed by atoms with Crippen LogP contribution in [-0.2, 0) is 14.3 Å². The maximum absolute atomic E-state index is 13.7. The number of ketones is 1. The van der Waals surface area contributed by atoms with E-state index in [0.717, 1.165) is 44.9 Å². The molecule has 4 saturated carbocycles. The van der Waals surface area contributed by atoms with E-state index in [1.165, 1.54) is 7.11 Å². The zero-order valence-electron chi connectivity index (χ0n) is 19.1. The number of hydrogen-bond donors (Lipinski definition) is 2. The van der Waals surface area contributed by atoms with E-state index in [0.29, 0.717) is 24.5 Å². The Kier molecular flexibility index (Phi) is 5.85. The van der Waals surface area contributed by atoms with Crippen molar-refractivity contribution in [2.75, 3.05) is 7.11 Å². The summed E-state index contributed by atoms with van der Waals surface area (Å²) in [6, 6.07) is 0. The summed E-state index contributed by atoms with van der Waals surface area (Å²) in [6.07, 6.45) is 6.39. The van der Waals surface area contributed by atoms with Crippen LogP contribution in [0.1, 0.15) is 78.6 Å². The zero-order chi connectivity index (χ0) is 21.8. The van der Waals surface area contributed by atoms with E-state index in [4.69, 9.17) is 4.74 Å². The molecule has 0 aliphatic heterocycles. The lowest BCUT2D eigenvalue weighted by atomic mass is 9.43. The predicted octanol–water partition coefficient (Wildman–Crippen LogP) is 3.75. The lowest BCUT2D eigenvalue weighted by Gasteiger charge is -2.61. The first kappa shape index (κ1) is 22.3. The molecule has 170 valence electrons. The van der Waals surface area contributed by atoms with Crippen LogP contribution in [0, 0.1) is 46.3 Å². The van der Waals surface area contributed by atoms with Gasteiger partial charge in [-0.3, -0.25) is 9.59 Å². The summed E-state index contributed by atoms with van der Waals surface area (Å²) in [5.74, 6) is 1.70. The first-order chi connectivity index (χ1) is 14.1. The smallest absolute Gasteiger partial charge is 0.305 e. The van der Waals surface area contributed by atoms with Crippen LogP contribution in [0.2, 0.25) is 0 Å². The molecule has 5 heteroatoms. The lowest BCUT2D eigenvalue weighted by molar-refractivity contribution is -0.181. The number of aliphatic hydroxyl groups is 2. The Morgan fingerprint density at radius 2 is 1.90 bits per heavy atom. The van der Waals surface area contributed by atoms with E-state index in [-0.39, 0.29) is 53.2 Å². The van der Waals surface area contributed by atoms with Gasteiger partial charge in [0, 0.05) is 18.3 Å². The molecule has 4 rings (SSSR count). The van der Waals surface area contributed by atoms with Crippen molar-refractivity contribution in [3.63, 3.8) is 0 Å². The minimum atomic E-state index is -0.394. The van der Waals surface area contributed by atoms with Gasteiger partial charge in [-0.1, -0.05) is 20.8 Å². The lowest BCUT2D eigenvalue weighted by Crippen LogP contribution is -2.61. The molecule has 2 N–H and O–H groups in total. The Morgan fingerprint density at radius 3 is 2.60 bits per heavy atom. The van der Waals surface area contributed by atoms with E-state index >= 15 is 0 Å². The number of carbonyl (C=O) groups excluding carboxylic acids is 2. The molecule has 0 aromatic carbocycles. The summed E-state index contributed by atoms with van der Waals surface area (Å²) in [6.45, 7) is 6.67. The highest BCUT2D eigenvalue weighted by atomic mass is 16.5. The van der Waals surface area contributed by atoms with Crippen molar-refractivity contribution in [1.82, 2.24) is 0 Å². The number of carbonyl (C=O) groups is 2. The van der Waals surface area contributed by atoms with Gasteiger partial charge >= 0.3 is 5.97 Å². The molecule has 0 bridgehead atoms. The van der Waals surface area contributed by atoms with Gasteiger partial charge in [0.2, 0.25) is 0 Å². The van der Waals surface area contributed by atoms with Gasteiger partial charge < -0.3 is 14.9 Å². The van der Waals surface area contributed by atoms with Gasteiger partial charge in [0.05, 0.1) is 19.3 Å². The molecule has 4 aliphatic rings. The number of hydrogen-bond acceptors (Lipinski definition) is 5. The highest BCUT2D eigenvalue weighted by Gasteiger charge is 2.65. The molecule has 0 heterocycles. The van der Waals surface area contributed by atoms with Crippen LogP contribution in [0.15, 0.2) is 0 Å². The Labute approximate surface area is 180 Å². The number of ether oxygens (including phenoxy) is 1. The molecule has 0 saturated heterocycles. The fraction of sp³-hybridized carbons (Fsp3) is 0.920. The molecule has 1 unspecified atom stereocenters. The molecule has 10 atom stereocenters. The fourth-order valence-corrected chi connectivity index (χ4v) is 8.51. The summed E-state index contributed by atoms with van der Waals surface area (Å²) in [7, 11) is 1.42. The Balaban J connectivity index is 1.59. The van der Waals surface area contributed by atoms with E-state index < -0.39 is 5.41 Å². The summed E-state index contributed by atoms with van der Waals surface area (Å²) >= 11 is 0. The molecule has 0 amide bonds. The van der Waals surface area contributed by atoms with Crippen LogP contribution in [0.3, 0.4) is 0 Å². The molecular formula is C25H40O5. The van der Waals surface area contributed by atoms with Crippen LogP contribution in [0.5, 0.6) is 0 Å². The molecular weight excluding hydrogens is 380 g/mol. The number of fused-ring (bicyclic) bond motifs is 5.